The molecule has 1 aromatic rings. The van der Waals surface area contributed by atoms with Crippen molar-refractivity contribution in [2.24, 2.45) is 5.10 Å². The van der Waals surface area contributed by atoms with Crippen LogP contribution in [-0.4, -0.2) is 61.0 Å². The molecule has 4 nitrogen and oxygen atoms in total. The van der Waals surface area contributed by atoms with Gasteiger partial charge in [0.15, 0.2) is 0 Å². The number of nitrogens with zero attached hydrogens (tertiary/aromatic N) is 2. The average Bonchev–Trinajstić information content (AvgIpc) is 2.74. The van der Waals surface area contributed by atoms with Gasteiger partial charge in [-0.25, -0.2) is 5.43 Å². The van der Waals surface area contributed by atoms with E-state index >= 15 is 0 Å². The summed E-state index contributed by atoms with van der Waals surface area (Å²) in [4.78, 5) is 13.2. The van der Waals surface area contributed by atoms with Gasteiger partial charge in [0.1, 0.15) is 0 Å². The summed E-state index contributed by atoms with van der Waals surface area (Å²) in [5.74, 6) is -42.1. The first-order valence-electron chi connectivity index (χ1n) is 9.27. The molecule has 0 radical (unpaired) electrons. The lowest BCUT2D eigenvalue weighted by atomic mass is 9.93. The topological polar surface area (TPSA) is 44.7 Å². The van der Waals surface area contributed by atoms with Crippen molar-refractivity contribution in [2.45, 2.75) is 49.6 Å². The number of hydrazone groups is 1. The molecule has 0 saturated carbocycles. The lowest BCUT2D eigenvalue weighted by Gasteiger charge is -2.38. The number of hydrogen-bond acceptors (Lipinski definition) is 3. The predicted octanol–water partition coefficient (Wildman–Crippen LogP) is 5.72. The molecule has 0 unspecified atom stereocenters. The van der Waals surface area contributed by atoms with Gasteiger partial charge in [0.2, 0.25) is 0 Å². The average molecular weight is 537 g/mol. The minimum absolute atomic E-state index is 0.0398. The highest BCUT2D eigenvalue weighted by atomic mass is 19.4. The van der Waals surface area contributed by atoms with Crippen molar-refractivity contribution in [1.29, 1.82) is 0 Å². The van der Waals surface area contributed by atoms with Crippen LogP contribution in [0.5, 0.6) is 0 Å². The van der Waals surface area contributed by atoms with Gasteiger partial charge in [-0.05, 0) is 31.5 Å². The summed E-state index contributed by atoms with van der Waals surface area (Å²) >= 11 is 0. The Morgan fingerprint density at radius 2 is 1.20 bits per heavy atom. The zero-order valence-corrected chi connectivity index (χ0v) is 17.5. The Hall–Kier alpha value is -2.75. The molecule has 1 aromatic carbocycles. The Bertz CT molecular complexity index is 907. The third kappa shape index (κ3) is 5.12. The minimum Gasteiger partial charge on any atom is -0.372 e. The highest BCUT2D eigenvalue weighted by Gasteiger charge is 2.91. The van der Waals surface area contributed by atoms with Gasteiger partial charge in [-0.3, -0.25) is 4.79 Å². The minimum atomic E-state index is -8.08. The van der Waals surface area contributed by atoms with Crippen LogP contribution in [0, 0.1) is 0 Å². The normalized spacial score (nSPS) is 14.4. The van der Waals surface area contributed by atoms with Crippen LogP contribution in [0.25, 0.3) is 0 Å². The monoisotopic (exact) mass is 537 g/mol. The fourth-order valence-electron chi connectivity index (χ4n) is 2.51. The molecule has 0 fully saturated rings. The quantitative estimate of drug-likeness (QED) is 0.236. The van der Waals surface area contributed by atoms with Crippen LogP contribution < -0.4 is 10.3 Å². The zero-order valence-electron chi connectivity index (χ0n) is 17.5. The Morgan fingerprint density at radius 1 is 0.771 bits per heavy atom. The van der Waals surface area contributed by atoms with Gasteiger partial charge < -0.3 is 4.90 Å². The summed E-state index contributed by atoms with van der Waals surface area (Å²) in [6.45, 7) is 4.85. The van der Waals surface area contributed by atoms with Crippen LogP contribution in [0.4, 0.5) is 62.8 Å². The van der Waals surface area contributed by atoms with Crippen molar-refractivity contribution in [3.63, 3.8) is 0 Å². The highest BCUT2D eigenvalue weighted by Crippen LogP contribution is 2.60. The molecular formula is C18H16F13N3O. The largest absolute Gasteiger partial charge is 0.460 e. The molecule has 0 aliphatic carbocycles. The van der Waals surface area contributed by atoms with Gasteiger partial charge in [0.05, 0.1) is 6.21 Å². The summed E-state index contributed by atoms with van der Waals surface area (Å²) in [5, 5.41) is 2.76. The maximum absolute atomic E-state index is 13.7. The van der Waals surface area contributed by atoms with Crippen LogP contribution >= 0.6 is 0 Å². The first-order valence-corrected chi connectivity index (χ1v) is 9.27. The molecule has 17 heteroatoms. The van der Waals surface area contributed by atoms with E-state index in [1.54, 1.807) is 0 Å². The Kier molecular flexibility index (Phi) is 8.41. The first-order chi connectivity index (χ1) is 15.6. The first kappa shape index (κ1) is 30.3. The Labute approximate surface area is 188 Å². The molecule has 1 amide bonds. The number of anilines is 1. The molecular weight excluding hydrogens is 521 g/mol. The molecule has 0 aliphatic heterocycles. The molecule has 0 bridgehead atoms. The lowest BCUT2D eigenvalue weighted by molar-refractivity contribution is -0.436. The molecule has 0 aliphatic rings. The Morgan fingerprint density at radius 3 is 1.60 bits per heavy atom. The second-order valence-electron chi connectivity index (χ2n) is 6.83. The van der Waals surface area contributed by atoms with Gasteiger partial charge in [0.25, 0.3) is 0 Å². The van der Waals surface area contributed by atoms with E-state index in [-0.39, 0.29) is 5.56 Å². The number of hydrogen-bond donors (Lipinski definition) is 1. The maximum Gasteiger partial charge on any atom is 0.460 e. The summed E-state index contributed by atoms with van der Waals surface area (Å²) in [7, 11) is 0. The van der Waals surface area contributed by atoms with Gasteiger partial charge in [-0.1, -0.05) is 12.1 Å². The van der Waals surface area contributed by atoms with Crippen molar-refractivity contribution in [3.8, 4) is 0 Å². The maximum atomic E-state index is 13.7. The van der Waals surface area contributed by atoms with Crippen LogP contribution in [0.1, 0.15) is 19.4 Å². The summed E-state index contributed by atoms with van der Waals surface area (Å²) < 4.78 is 169. The number of halogens is 13. The molecule has 0 spiro atoms. The third-order valence-electron chi connectivity index (χ3n) is 4.62. The molecule has 0 saturated heterocycles. The van der Waals surface area contributed by atoms with Crippen molar-refractivity contribution < 1.29 is 61.9 Å². The van der Waals surface area contributed by atoms with Gasteiger partial charge in [-0.15, -0.1) is 0 Å². The van der Waals surface area contributed by atoms with Gasteiger partial charge in [0, 0.05) is 18.8 Å². The fraction of sp³-hybridized carbons (Fsp3) is 0.556. The second kappa shape index (κ2) is 9.72. The third-order valence-corrected chi connectivity index (χ3v) is 4.62. The molecule has 200 valence electrons. The van der Waals surface area contributed by atoms with Crippen molar-refractivity contribution >= 4 is 17.8 Å². The van der Waals surface area contributed by atoms with E-state index < -0.39 is 41.7 Å². The number of amides is 1. The number of alkyl halides is 13. The summed E-state index contributed by atoms with van der Waals surface area (Å²) in [5.41, 5.74) is 1.35. The van der Waals surface area contributed by atoms with Crippen LogP contribution in [0.15, 0.2) is 29.4 Å². The Balaban J connectivity index is 3.15. The molecule has 0 heterocycles. The summed E-state index contributed by atoms with van der Waals surface area (Å²) in [6, 6.07) is 5.57. The van der Waals surface area contributed by atoms with E-state index in [2.05, 4.69) is 5.10 Å². The molecule has 1 N–H and O–H groups in total. The predicted molar refractivity (Wildman–Crippen MR) is 96.5 cm³/mol. The second-order valence-corrected chi connectivity index (χ2v) is 6.83. The van der Waals surface area contributed by atoms with Crippen LogP contribution in [-0.2, 0) is 4.79 Å². The number of rotatable bonds is 10. The van der Waals surface area contributed by atoms with E-state index in [1.165, 1.54) is 24.3 Å². The van der Waals surface area contributed by atoms with E-state index in [0.29, 0.717) is 30.4 Å². The van der Waals surface area contributed by atoms with E-state index in [0.717, 1.165) is 0 Å². The number of nitrogens with one attached hydrogen (secondary N) is 1. The SMILES string of the molecule is CCN(CC)c1ccc(/C=N/NC(=O)C(F)(F)C(F)(F)C(F)(F)C(F)(F)C(F)(F)C(F)(F)F)cc1. The molecule has 35 heavy (non-hydrogen) atoms. The van der Waals surface area contributed by atoms with E-state index in [1.807, 2.05) is 18.7 Å². The summed E-state index contributed by atoms with van der Waals surface area (Å²) in [6.07, 6.45) is -6.98. The molecule has 1 rings (SSSR count). The highest BCUT2D eigenvalue weighted by molar-refractivity contribution is 5.87. The van der Waals surface area contributed by atoms with Gasteiger partial charge in [-0.2, -0.15) is 62.2 Å². The lowest BCUT2D eigenvalue weighted by Crippen LogP contribution is -2.71. The van der Waals surface area contributed by atoms with Crippen molar-refractivity contribution in [2.75, 3.05) is 18.0 Å². The van der Waals surface area contributed by atoms with E-state index in [9.17, 15) is 61.9 Å². The van der Waals surface area contributed by atoms with Crippen LogP contribution in [0.2, 0.25) is 0 Å². The van der Waals surface area contributed by atoms with Crippen molar-refractivity contribution in [1.82, 2.24) is 5.43 Å². The molecule has 0 atom stereocenters. The number of carbonyl (C=O) groups is 1. The fourth-order valence-corrected chi connectivity index (χ4v) is 2.51. The van der Waals surface area contributed by atoms with Crippen molar-refractivity contribution in [3.05, 3.63) is 29.8 Å². The molecule has 0 aromatic heterocycles. The standard InChI is InChI=1S/C18H16F13N3O/c1-3-34(4-2)11-7-5-10(6-8-11)9-32-33-12(35)13(19,20)14(21,22)15(23,24)16(25,26)17(27,28)18(29,30)31/h5-9H,3-4H2,1-2H3,(H,33,35)/b32-9+. The number of benzene rings is 1. The zero-order chi connectivity index (χ0) is 27.7. The van der Waals surface area contributed by atoms with E-state index in [4.69, 9.17) is 0 Å². The number of carbonyl (C=O) groups excluding carboxylic acids is 1. The smallest absolute Gasteiger partial charge is 0.372 e. The van der Waals surface area contributed by atoms with Gasteiger partial charge >= 0.3 is 41.7 Å². The van der Waals surface area contributed by atoms with Crippen LogP contribution in [0.3, 0.4) is 0 Å².